The summed E-state index contributed by atoms with van der Waals surface area (Å²) in [4.78, 5) is 22.1. The van der Waals surface area contributed by atoms with Crippen LogP contribution in [0.5, 0.6) is 11.5 Å². The average molecular weight is 338 g/mol. The van der Waals surface area contributed by atoms with Crippen molar-refractivity contribution in [1.29, 1.82) is 0 Å². The van der Waals surface area contributed by atoms with Crippen LogP contribution in [0.3, 0.4) is 0 Å². The maximum Gasteiger partial charge on any atom is 0.310 e. The molecule has 0 aliphatic rings. The van der Waals surface area contributed by atoms with Crippen LogP contribution in [0.15, 0.2) is 12.1 Å². The van der Waals surface area contributed by atoms with Gasteiger partial charge in [0.2, 0.25) is 0 Å². The fraction of sp³-hybridized carbons (Fsp3) is 0.556. The molecular formula is C18H26O6. The van der Waals surface area contributed by atoms with Gasteiger partial charge in [-0.25, -0.2) is 0 Å². The van der Waals surface area contributed by atoms with Crippen molar-refractivity contribution in [3.8, 4) is 11.5 Å². The zero-order chi connectivity index (χ0) is 17.9. The highest BCUT2D eigenvalue weighted by atomic mass is 16.5. The van der Waals surface area contributed by atoms with Crippen LogP contribution in [0.2, 0.25) is 0 Å². The molecule has 0 radical (unpaired) electrons. The van der Waals surface area contributed by atoms with E-state index in [0.29, 0.717) is 24.0 Å². The van der Waals surface area contributed by atoms with Gasteiger partial charge in [0.1, 0.15) is 11.5 Å². The molecule has 0 atom stereocenters. The summed E-state index contributed by atoms with van der Waals surface area (Å²) < 4.78 is 4.92. The second kappa shape index (κ2) is 10.5. The van der Waals surface area contributed by atoms with Gasteiger partial charge in [-0.3, -0.25) is 9.59 Å². The van der Waals surface area contributed by atoms with E-state index in [1.54, 1.807) is 6.92 Å². The molecule has 0 amide bonds. The predicted octanol–water partition coefficient (Wildman–Crippen LogP) is 3.17. The molecule has 1 aromatic carbocycles. The topological polar surface area (TPSA) is 104 Å². The minimum Gasteiger partial charge on any atom is -0.508 e. The second-order valence-electron chi connectivity index (χ2n) is 5.75. The lowest BCUT2D eigenvalue weighted by molar-refractivity contribution is -0.142. The van der Waals surface area contributed by atoms with Gasteiger partial charge >= 0.3 is 11.9 Å². The number of aromatic hydroxyl groups is 2. The van der Waals surface area contributed by atoms with Crippen molar-refractivity contribution in [2.75, 3.05) is 6.61 Å². The minimum atomic E-state index is -0.771. The molecular weight excluding hydrogens is 312 g/mol. The normalized spacial score (nSPS) is 10.5. The Labute approximate surface area is 142 Å². The number of aliphatic carboxylic acids is 1. The molecule has 0 aliphatic carbocycles. The molecule has 24 heavy (non-hydrogen) atoms. The number of carbonyl (C=O) groups excluding carboxylic acids is 1. The third-order valence-corrected chi connectivity index (χ3v) is 3.76. The Hall–Kier alpha value is -2.24. The first-order valence-corrected chi connectivity index (χ1v) is 8.35. The van der Waals surface area contributed by atoms with Crippen molar-refractivity contribution in [1.82, 2.24) is 0 Å². The smallest absolute Gasteiger partial charge is 0.310 e. The first-order chi connectivity index (χ1) is 11.4. The van der Waals surface area contributed by atoms with Gasteiger partial charge < -0.3 is 20.1 Å². The number of ether oxygens (including phenoxy) is 1. The van der Waals surface area contributed by atoms with Crippen molar-refractivity contribution in [2.45, 2.75) is 58.3 Å². The van der Waals surface area contributed by atoms with Crippen LogP contribution >= 0.6 is 0 Å². The Bertz CT molecular complexity index is 553. The highest BCUT2D eigenvalue weighted by Crippen LogP contribution is 2.29. The number of hydrogen-bond acceptors (Lipinski definition) is 5. The van der Waals surface area contributed by atoms with E-state index in [0.717, 1.165) is 25.7 Å². The standard InChI is InChI=1S/C18H26O6/c1-2-24-18(23)11-13-10-14(19)12-16(20)15(13)8-6-4-3-5-7-9-17(21)22/h10,12,19-20H,2-9,11H2,1H3,(H,21,22). The maximum absolute atomic E-state index is 11.7. The number of phenolic OH excluding ortho intramolecular Hbond substituents is 2. The van der Waals surface area contributed by atoms with E-state index in [1.165, 1.54) is 12.1 Å². The van der Waals surface area contributed by atoms with Crippen molar-refractivity contribution >= 4 is 11.9 Å². The molecule has 0 saturated heterocycles. The molecule has 0 fully saturated rings. The third-order valence-electron chi connectivity index (χ3n) is 3.76. The van der Waals surface area contributed by atoms with E-state index in [2.05, 4.69) is 0 Å². The van der Waals surface area contributed by atoms with Crippen LogP contribution in [0.4, 0.5) is 0 Å². The van der Waals surface area contributed by atoms with Crippen LogP contribution in [-0.2, 0) is 27.2 Å². The third kappa shape index (κ3) is 7.35. The van der Waals surface area contributed by atoms with Gasteiger partial charge in [-0.1, -0.05) is 19.3 Å². The van der Waals surface area contributed by atoms with Gasteiger partial charge in [0.15, 0.2) is 0 Å². The van der Waals surface area contributed by atoms with E-state index >= 15 is 0 Å². The summed E-state index contributed by atoms with van der Waals surface area (Å²) >= 11 is 0. The Morgan fingerprint density at radius 1 is 1.04 bits per heavy atom. The molecule has 0 aliphatic heterocycles. The molecule has 0 saturated carbocycles. The summed E-state index contributed by atoms with van der Waals surface area (Å²) in [5.74, 6) is -1.26. The number of benzene rings is 1. The summed E-state index contributed by atoms with van der Waals surface area (Å²) in [5.41, 5.74) is 1.24. The quantitative estimate of drug-likeness (QED) is 0.423. The van der Waals surface area contributed by atoms with Gasteiger partial charge in [-0.2, -0.15) is 0 Å². The molecule has 1 rings (SSSR count). The summed E-state index contributed by atoms with van der Waals surface area (Å²) in [7, 11) is 0. The molecule has 134 valence electrons. The van der Waals surface area contributed by atoms with Crippen molar-refractivity contribution in [3.63, 3.8) is 0 Å². The van der Waals surface area contributed by atoms with Crippen LogP contribution in [0.25, 0.3) is 0 Å². The number of unbranched alkanes of at least 4 members (excludes halogenated alkanes) is 4. The number of carbonyl (C=O) groups is 2. The van der Waals surface area contributed by atoms with Crippen LogP contribution in [-0.4, -0.2) is 33.9 Å². The number of carboxylic acids is 1. The lowest BCUT2D eigenvalue weighted by Gasteiger charge is -2.12. The van der Waals surface area contributed by atoms with Crippen molar-refractivity contribution in [2.24, 2.45) is 0 Å². The van der Waals surface area contributed by atoms with Gasteiger partial charge in [0.05, 0.1) is 13.0 Å². The van der Waals surface area contributed by atoms with E-state index in [-0.39, 0.29) is 30.9 Å². The molecule has 3 N–H and O–H groups in total. The zero-order valence-electron chi connectivity index (χ0n) is 14.1. The summed E-state index contributed by atoms with van der Waals surface area (Å²) in [6.45, 7) is 2.01. The summed E-state index contributed by atoms with van der Waals surface area (Å²) in [6.07, 6.45) is 5.02. The Morgan fingerprint density at radius 3 is 2.38 bits per heavy atom. The lowest BCUT2D eigenvalue weighted by atomic mass is 9.97. The number of esters is 1. The Balaban J connectivity index is 2.53. The lowest BCUT2D eigenvalue weighted by Crippen LogP contribution is -2.09. The van der Waals surface area contributed by atoms with Crippen molar-refractivity contribution < 1.29 is 29.6 Å². The van der Waals surface area contributed by atoms with Gasteiger partial charge in [-0.15, -0.1) is 0 Å². The number of carboxylic acid groups (broad SMARTS) is 1. The van der Waals surface area contributed by atoms with E-state index in [1.807, 2.05) is 0 Å². The zero-order valence-corrected chi connectivity index (χ0v) is 14.1. The van der Waals surface area contributed by atoms with Crippen LogP contribution in [0, 0.1) is 0 Å². The van der Waals surface area contributed by atoms with Gasteiger partial charge in [0, 0.05) is 12.5 Å². The summed E-state index contributed by atoms with van der Waals surface area (Å²) in [6, 6.07) is 2.76. The Kier molecular flexibility index (Phi) is 8.68. The molecule has 0 heterocycles. The molecule has 0 aromatic heterocycles. The second-order valence-corrected chi connectivity index (χ2v) is 5.75. The predicted molar refractivity (Wildman–Crippen MR) is 89.2 cm³/mol. The Morgan fingerprint density at radius 2 is 1.71 bits per heavy atom. The molecule has 1 aromatic rings. The SMILES string of the molecule is CCOC(=O)Cc1cc(O)cc(O)c1CCCCCCCC(=O)O. The van der Waals surface area contributed by atoms with Crippen molar-refractivity contribution in [3.05, 3.63) is 23.3 Å². The molecule has 0 bridgehead atoms. The number of phenols is 2. The number of hydrogen-bond donors (Lipinski definition) is 3. The first-order valence-electron chi connectivity index (χ1n) is 8.35. The first kappa shape index (κ1) is 19.8. The van der Waals surface area contributed by atoms with Gasteiger partial charge in [0.25, 0.3) is 0 Å². The molecule has 0 spiro atoms. The molecule has 6 heteroatoms. The fourth-order valence-corrected chi connectivity index (χ4v) is 2.62. The maximum atomic E-state index is 11.7. The van der Waals surface area contributed by atoms with Gasteiger partial charge in [-0.05, 0) is 43.4 Å². The highest BCUT2D eigenvalue weighted by Gasteiger charge is 2.14. The fourth-order valence-electron chi connectivity index (χ4n) is 2.62. The number of rotatable bonds is 11. The minimum absolute atomic E-state index is 0.0137. The van der Waals surface area contributed by atoms with Crippen LogP contribution < -0.4 is 0 Å². The monoisotopic (exact) mass is 338 g/mol. The van der Waals surface area contributed by atoms with E-state index < -0.39 is 11.9 Å². The average Bonchev–Trinajstić information content (AvgIpc) is 2.48. The molecule has 6 nitrogen and oxygen atoms in total. The van der Waals surface area contributed by atoms with Crippen LogP contribution in [0.1, 0.15) is 56.6 Å². The highest BCUT2D eigenvalue weighted by molar-refractivity contribution is 5.73. The molecule has 0 unspecified atom stereocenters. The largest absolute Gasteiger partial charge is 0.508 e. The van der Waals surface area contributed by atoms with E-state index in [4.69, 9.17) is 9.84 Å². The summed E-state index contributed by atoms with van der Waals surface area (Å²) in [5, 5.41) is 28.2. The van der Waals surface area contributed by atoms with E-state index in [9.17, 15) is 19.8 Å².